The number of urea groups is 1. The van der Waals surface area contributed by atoms with Gasteiger partial charge in [0.1, 0.15) is 5.82 Å². The molecule has 0 saturated heterocycles. The molecular weight excluding hydrogens is 202 g/mol. The highest BCUT2D eigenvalue weighted by atomic mass is 35.5. The molecule has 0 unspecified atom stereocenters. The van der Waals surface area contributed by atoms with E-state index in [0.717, 1.165) is 5.56 Å². The molecule has 0 radical (unpaired) electrons. The number of hydrogen-bond donors (Lipinski definition) is 1. The summed E-state index contributed by atoms with van der Waals surface area (Å²) in [5, 5.41) is 0. The highest BCUT2D eigenvalue weighted by Gasteiger charge is 2.17. The molecule has 1 aromatic heterocycles. The van der Waals surface area contributed by atoms with Crippen LogP contribution in [0.5, 0.6) is 0 Å². The molecule has 2 heterocycles. The van der Waals surface area contributed by atoms with E-state index in [1.54, 1.807) is 6.20 Å². The van der Waals surface area contributed by atoms with Crippen LogP contribution in [-0.4, -0.2) is 17.6 Å². The molecule has 0 aliphatic carbocycles. The number of fused-ring (bicyclic) bond motifs is 1. The maximum absolute atomic E-state index is 11.0. The zero-order chi connectivity index (χ0) is 9.26. The lowest BCUT2D eigenvalue weighted by Crippen LogP contribution is -2.38. The molecule has 2 amide bonds. The summed E-state index contributed by atoms with van der Waals surface area (Å²) >= 11 is 0. The molecule has 4 nitrogen and oxygen atoms in total. The van der Waals surface area contributed by atoms with Crippen molar-refractivity contribution in [3.63, 3.8) is 0 Å². The van der Waals surface area contributed by atoms with E-state index >= 15 is 0 Å². The fourth-order valence-corrected chi connectivity index (χ4v) is 1.33. The van der Waals surface area contributed by atoms with Crippen LogP contribution in [0.1, 0.15) is 5.56 Å². The molecule has 1 aliphatic heterocycles. The fraction of sp³-hybridized carbons (Fsp3) is 0.111. The average molecular weight is 212 g/mol. The van der Waals surface area contributed by atoms with E-state index in [0.29, 0.717) is 12.4 Å². The van der Waals surface area contributed by atoms with Crippen molar-refractivity contribution < 1.29 is 4.79 Å². The Bertz CT molecular complexity index is 378. The third kappa shape index (κ3) is 1.70. The Morgan fingerprint density at radius 2 is 2.36 bits per heavy atom. The molecule has 5 heteroatoms. The lowest BCUT2D eigenvalue weighted by atomic mass is 10.2. The molecule has 2 rings (SSSR count). The van der Waals surface area contributed by atoms with E-state index in [-0.39, 0.29) is 12.4 Å². The van der Waals surface area contributed by atoms with Crippen molar-refractivity contribution in [2.75, 3.05) is 11.4 Å². The number of hydrogen-bond acceptors (Lipinski definition) is 2. The van der Waals surface area contributed by atoms with Gasteiger partial charge in [0.05, 0.1) is 0 Å². The monoisotopic (exact) mass is 211 g/mol. The van der Waals surface area contributed by atoms with Crippen LogP contribution in [0.4, 0.5) is 10.6 Å². The summed E-state index contributed by atoms with van der Waals surface area (Å²) in [6, 6.07) is 3.26. The molecule has 0 atom stereocenters. The molecule has 0 saturated carbocycles. The molecule has 2 N–H and O–H groups in total. The number of halogens is 1. The molecule has 1 aromatic rings. The molecule has 0 bridgehead atoms. The van der Waals surface area contributed by atoms with Crippen molar-refractivity contribution in [2.45, 2.75) is 0 Å². The fourth-order valence-electron chi connectivity index (χ4n) is 1.33. The van der Waals surface area contributed by atoms with Gasteiger partial charge in [-0.05, 0) is 12.1 Å². The van der Waals surface area contributed by atoms with Gasteiger partial charge in [-0.1, -0.05) is 12.2 Å². The maximum Gasteiger partial charge on any atom is 0.320 e. The van der Waals surface area contributed by atoms with Gasteiger partial charge in [-0.2, -0.15) is 0 Å². The number of amides is 2. The molecule has 0 aromatic carbocycles. The van der Waals surface area contributed by atoms with E-state index < -0.39 is 6.03 Å². The summed E-state index contributed by atoms with van der Waals surface area (Å²) in [6.45, 7) is 0.499. The third-order valence-corrected chi connectivity index (χ3v) is 1.92. The van der Waals surface area contributed by atoms with Gasteiger partial charge < -0.3 is 5.73 Å². The van der Waals surface area contributed by atoms with E-state index in [1.165, 1.54) is 4.90 Å². The summed E-state index contributed by atoms with van der Waals surface area (Å²) in [6.07, 6.45) is 5.46. The Morgan fingerprint density at radius 1 is 1.57 bits per heavy atom. The van der Waals surface area contributed by atoms with Gasteiger partial charge in [-0.25, -0.2) is 9.78 Å². The summed E-state index contributed by atoms with van der Waals surface area (Å²) in [4.78, 5) is 16.5. The summed E-state index contributed by atoms with van der Waals surface area (Å²) in [7, 11) is 0. The van der Waals surface area contributed by atoms with Crippen molar-refractivity contribution >= 4 is 30.3 Å². The van der Waals surface area contributed by atoms with E-state index in [1.807, 2.05) is 24.3 Å². The zero-order valence-electron chi connectivity index (χ0n) is 7.38. The lowest BCUT2D eigenvalue weighted by Gasteiger charge is -2.22. The maximum atomic E-state index is 11.0. The lowest BCUT2D eigenvalue weighted by molar-refractivity contribution is 0.254. The topological polar surface area (TPSA) is 59.2 Å². The van der Waals surface area contributed by atoms with Crippen LogP contribution < -0.4 is 10.6 Å². The minimum atomic E-state index is -0.468. The Morgan fingerprint density at radius 3 is 3.07 bits per heavy atom. The second kappa shape index (κ2) is 4.11. The van der Waals surface area contributed by atoms with Crippen LogP contribution in [0.2, 0.25) is 0 Å². The summed E-state index contributed by atoms with van der Waals surface area (Å²) in [5.41, 5.74) is 6.12. The SMILES string of the molecule is Cl.NC(=O)N1CC=Cc2cccnc21. The number of anilines is 1. The number of carbonyl (C=O) groups is 1. The quantitative estimate of drug-likeness (QED) is 0.706. The van der Waals surface area contributed by atoms with Crippen molar-refractivity contribution in [1.82, 2.24) is 4.98 Å². The van der Waals surface area contributed by atoms with Gasteiger partial charge in [0.15, 0.2) is 0 Å². The first-order valence-electron chi connectivity index (χ1n) is 3.97. The van der Waals surface area contributed by atoms with Gasteiger partial charge >= 0.3 is 6.03 Å². The summed E-state index contributed by atoms with van der Waals surface area (Å²) < 4.78 is 0. The highest BCUT2D eigenvalue weighted by Crippen LogP contribution is 2.21. The van der Waals surface area contributed by atoms with Crippen molar-refractivity contribution in [1.29, 1.82) is 0 Å². The molecule has 74 valence electrons. The van der Waals surface area contributed by atoms with Crippen LogP contribution in [-0.2, 0) is 0 Å². The predicted molar refractivity (Wildman–Crippen MR) is 57.4 cm³/mol. The highest BCUT2D eigenvalue weighted by molar-refractivity contribution is 5.93. The smallest absolute Gasteiger partial charge is 0.320 e. The third-order valence-electron chi connectivity index (χ3n) is 1.92. The first-order valence-corrected chi connectivity index (χ1v) is 3.97. The Labute approximate surface area is 87.8 Å². The number of primary amides is 1. The van der Waals surface area contributed by atoms with Crippen LogP contribution in [0.15, 0.2) is 24.4 Å². The first-order chi connectivity index (χ1) is 6.29. The Balaban J connectivity index is 0.000000980. The zero-order valence-corrected chi connectivity index (χ0v) is 8.20. The second-order valence-electron chi connectivity index (χ2n) is 2.77. The molecule has 1 aliphatic rings. The van der Waals surface area contributed by atoms with Gasteiger partial charge in [0.2, 0.25) is 0 Å². The second-order valence-corrected chi connectivity index (χ2v) is 2.77. The van der Waals surface area contributed by atoms with Crippen molar-refractivity contribution in [3.05, 3.63) is 30.0 Å². The number of carbonyl (C=O) groups excluding carboxylic acids is 1. The standard InChI is InChI=1S/C9H9N3O.ClH/c10-9(13)12-6-2-4-7-3-1-5-11-8(7)12;/h1-5H,6H2,(H2,10,13);1H. The first kappa shape index (κ1) is 10.5. The van der Waals surface area contributed by atoms with Crippen LogP contribution in [0.3, 0.4) is 0 Å². The minimum Gasteiger partial charge on any atom is -0.351 e. The Kier molecular flexibility index (Phi) is 3.09. The average Bonchev–Trinajstić information content (AvgIpc) is 2.17. The van der Waals surface area contributed by atoms with E-state index in [9.17, 15) is 4.79 Å². The summed E-state index contributed by atoms with van der Waals surface area (Å²) in [5.74, 6) is 0.637. The van der Waals surface area contributed by atoms with Crippen LogP contribution in [0, 0.1) is 0 Å². The number of nitrogens with zero attached hydrogens (tertiary/aromatic N) is 2. The van der Waals surface area contributed by atoms with Gasteiger partial charge in [0, 0.05) is 18.3 Å². The van der Waals surface area contributed by atoms with E-state index in [4.69, 9.17) is 5.73 Å². The minimum absolute atomic E-state index is 0. The molecule has 0 fully saturated rings. The van der Waals surface area contributed by atoms with Crippen molar-refractivity contribution in [2.24, 2.45) is 5.73 Å². The number of pyridine rings is 1. The molecule has 0 spiro atoms. The van der Waals surface area contributed by atoms with Gasteiger partial charge in [-0.3, -0.25) is 4.90 Å². The number of rotatable bonds is 0. The molecule has 14 heavy (non-hydrogen) atoms. The Hall–Kier alpha value is -1.55. The van der Waals surface area contributed by atoms with Crippen LogP contribution in [0.25, 0.3) is 6.08 Å². The molecular formula is C9H10ClN3O. The normalized spacial score (nSPS) is 13.0. The number of nitrogens with two attached hydrogens (primary N) is 1. The number of aromatic nitrogens is 1. The van der Waals surface area contributed by atoms with Gasteiger partial charge in [0.25, 0.3) is 0 Å². The van der Waals surface area contributed by atoms with E-state index in [2.05, 4.69) is 4.98 Å². The predicted octanol–water partition coefficient (Wildman–Crippen LogP) is 1.42. The largest absolute Gasteiger partial charge is 0.351 e. The van der Waals surface area contributed by atoms with Gasteiger partial charge in [-0.15, -0.1) is 12.4 Å². The van der Waals surface area contributed by atoms with Crippen LogP contribution >= 0.6 is 12.4 Å². The van der Waals surface area contributed by atoms with Crippen molar-refractivity contribution in [3.8, 4) is 0 Å².